The quantitative estimate of drug-likeness (QED) is 0.239. The van der Waals surface area contributed by atoms with Crippen molar-refractivity contribution < 1.29 is 23.8 Å². The lowest BCUT2D eigenvalue weighted by atomic mass is 9.95. The number of fused-ring (bicyclic) bond motifs is 3. The third kappa shape index (κ3) is 6.91. The van der Waals surface area contributed by atoms with Crippen LogP contribution in [0.4, 0.5) is 11.6 Å². The number of aryl methyl sites for hydroxylation is 1. The molecule has 0 bridgehead atoms. The summed E-state index contributed by atoms with van der Waals surface area (Å²) in [4.78, 5) is 37.4. The minimum absolute atomic E-state index is 0.147. The summed E-state index contributed by atoms with van der Waals surface area (Å²) in [5.74, 6) is 1.28. The number of ether oxygens (including phenoxy) is 3. The molecule has 0 spiro atoms. The number of benzene rings is 1. The molecule has 1 aromatic heterocycles. The highest BCUT2D eigenvalue weighted by atomic mass is 16.5. The summed E-state index contributed by atoms with van der Waals surface area (Å²) in [5.41, 5.74) is 3.49. The number of rotatable bonds is 12. The van der Waals surface area contributed by atoms with Crippen LogP contribution in [0, 0.1) is 0 Å². The average Bonchev–Trinajstić information content (AvgIpc) is 3.35. The summed E-state index contributed by atoms with van der Waals surface area (Å²) in [6.45, 7) is 2.02. The molecule has 0 radical (unpaired) electrons. The highest BCUT2D eigenvalue weighted by Crippen LogP contribution is 2.50. The number of hydrogen-bond donors (Lipinski definition) is 4. The summed E-state index contributed by atoms with van der Waals surface area (Å²) in [5, 5.41) is 21.9. The maximum absolute atomic E-state index is 13.4. The van der Waals surface area contributed by atoms with Crippen molar-refractivity contribution >= 4 is 23.5 Å². The van der Waals surface area contributed by atoms with Gasteiger partial charge < -0.3 is 24.8 Å². The van der Waals surface area contributed by atoms with E-state index in [-0.39, 0.29) is 29.2 Å². The highest BCUT2D eigenvalue weighted by Gasteiger charge is 2.29. The maximum atomic E-state index is 13.4. The summed E-state index contributed by atoms with van der Waals surface area (Å²) in [6.07, 6.45) is 3.76. The van der Waals surface area contributed by atoms with E-state index in [1.54, 1.807) is 33.5 Å². The number of nitrogens with one attached hydrogen (secondary N) is 4. The second-order valence-electron chi connectivity index (χ2n) is 9.62. The molecule has 0 aliphatic heterocycles. The summed E-state index contributed by atoms with van der Waals surface area (Å²) in [7, 11) is 4.69. The lowest BCUT2D eigenvalue weighted by Gasteiger charge is -2.19. The van der Waals surface area contributed by atoms with Gasteiger partial charge in [0, 0.05) is 25.5 Å². The fourth-order valence-electron chi connectivity index (χ4n) is 5.07. The Morgan fingerprint density at radius 3 is 2.54 bits per heavy atom. The number of aromatic amines is 1. The van der Waals surface area contributed by atoms with Crippen molar-refractivity contribution in [2.75, 3.05) is 38.5 Å². The molecule has 1 heterocycles. The van der Waals surface area contributed by atoms with Crippen LogP contribution >= 0.6 is 0 Å². The molecule has 0 fully saturated rings. The number of tetrazole rings is 1. The molecule has 1 aliphatic rings. The lowest BCUT2D eigenvalue weighted by molar-refractivity contribution is -0.119. The van der Waals surface area contributed by atoms with Crippen molar-refractivity contribution in [2.24, 2.45) is 0 Å². The zero-order chi connectivity index (χ0) is 29.4. The van der Waals surface area contributed by atoms with Crippen molar-refractivity contribution in [3.05, 3.63) is 45.6 Å². The van der Waals surface area contributed by atoms with Gasteiger partial charge in [-0.3, -0.25) is 19.7 Å². The van der Waals surface area contributed by atoms with E-state index in [1.807, 2.05) is 12.1 Å². The standard InChI is InChI=1S/C28H35N7O6/c1-16(36)30-20-11-9-17-14-23(39-2)26(40-3)27(41-4)25(17)18-10-12-21(22(37)15-19(18)20)29-13-7-5-6-8-24(38)31-28-32-34-35-33-28/h10,12,14-15,20H,5-9,11,13H2,1-4H3,(H,29,37)(H,30,36)(H2,31,32,33,34,35,38)/t20-/m0/s1. The molecule has 218 valence electrons. The van der Waals surface area contributed by atoms with E-state index in [9.17, 15) is 14.4 Å². The second kappa shape index (κ2) is 13.6. The smallest absolute Gasteiger partial charge is 0.269 e. The molecular formula is C28H35N7O6. The Balaban J connectivity index is 1.56. The van der Waals surface area contributed by atoms with E-state index >= 15 is 0 Å². The van der Waals surface area contributed by atoms with Gasteiger partial charge in [0.25, 0.3) is 5.95 Å². The molecule has 0 unspecified atom stereocenters. The molecule has 2 amide bonds. The highest BCUT2D eigenvalue weighted by molar-refractivity contribution is 5.88. The molecule has 1 atom stereocenters. The van der Waals surface area contributed by atoms with Gasteiger partial charge in [0.15, 0.2) is 11.5 Å². The topological polar surface area (TPSA) is 169 Å². The zero-order valence-electron chi connectivity index (χ0n) is 23.6. The SMILES string of the molecule is COc1cc2c(c(OC)c1OC)-c1ccc(NCCCCCC(=O)Nc3nn[nH]n3)c(=O)cc1[C@@H](NC(C)=O)CC2. The Morgan fingerprint density at radius 1 is 1.05 bits per heavy atom. The molecule has 0 saturated carbocycles. The number of methoxy groups -OCH3 is 3. The third-order valence-electron chi connectivity index (χ3n) is 6.91. The van der Waals surface area contributed by atoms with E-state index in [1.165, 1.54) is 6.92 Å². The summed E-state index contributed by atoms with van der Waals surface area (Å²) in [6, 6.07) is 6.78. The van der Waals surface area contributed by atoms with Crippen LogP contribution < -0.4 is 35.6 Å². The van der Waals surface area contributed by atoms with Gasteiger partial charge in [0.1, 0.15) is 0 Å². The normalized spacial score (nSPS) is 13.7. The number of carbonyl (C=O) groups is 2. The van der Waals surface area contributed by atoms with Crippen LogP contribution in [0.15, 0.2) is 29.1 Å². The Kier molecular flexibility index (Phi) is 9.72. The predicted octanol–water partition coefficient (Wildman–Crippen LogP) is 2.99. The fourth-order valence-corrected chi connectivity index (χ4v) is 5.07. The van der Waals surface area contributed by atoms with Crippen LogP contribution in [-0.2, 0) is 16.0 Å². The molecule has 13 nitrogen and oxygen atoms in total. The molecule has 41 heavy (non-hydrogen) atoms. The molecule has 3 aromatic rings. The molecule has 1 aliphatic carbocycles. The van der Waals surface area contributed by atoms with Gasteiger partial charge in [-0.1, -0.05) is 17.6 Å². The number of aromatic nitrogens is 4. The molecule has 4 rings (SSSR count). The van der Waals surface area contributed by atoms with E-state index in [0.717, 1.165) is 29.5 Å². The number of carbonyl (C=O) groups excluding carboxylic acids is 2. The van der Waals surface area contributed by atoms with Crippen LogP contribution in [0.1, 0.15) is 56.2 Å². The van der Waals surface area contributed by atoms with Crippen molar-refractivity contribution in [3.63, 3.8) is 0 Å². The van der Waals surface area contributed by atoms with E-state index in [2.05, 4.69) is 36.6 Å². The Labute approximate surface area is 237 Å². The van der Waals surface area contributed by atoms with Gasteiger partial charge in [0.2, 0.25) is 23.0 Å². The summed E-state index contributed by atoms with van der Waals surface area (Å²) >= 11 is 0. The number of hydrogen-bond acceptors (Lipinski definition) is 10. The van der Waals surface area contributed by atoms with Crippen LogP contribution in [0.5, 0.6) is 17.2 Å². The van der Waals surface area contributed by atoms with E-state index < -0.39 is 0 Å². The van der Waals surface area contributed by atoms with Gasteiger partial charge >= 0.3 is 0 Å². The number of anilines is 2. The van der Waals surface area contributed by atoms with Crippen molar-refractivity contribution in [1.29, 1.82) is 0 Å². The lowest BCUT2D eigenvalue weighted by Crippen LogP contribution is -2.26. The van der Waals surface area contributed by atoms with Crippen LogP contribution in [0.2, 0.25) is 0 Å². The van der Waals surface area contributed by atoms with Gasteiger partial charge in [-0.05, 0) is 65.8 Å². The van der Waals surface area contributed by atoms with Crippen LogP contribution in [0.3, 0.4) is 0 Å². The van der Waals surface area contributed by atoms with Gasteiger partial charge in [-0.15, -0.1) is 5.10 Å². The van der Waals surface area contributed by atoms with Crippen LogP contribution in [-0.4, -0.2) is 60.3 Å². The molecule has 4 N–H and O–H groups in total. The number of amides is 2. The number of H-pyrrole nitrogens is 1. The molecule has 0 saturated heterocycles. The largest absolute Gasteiger partial charge is 0.493 e. The minimum Gasteiger partial charge on any atom is -0.493 e. The molecular weight excluding hydrogens is 530 g/mol. The van der Waals surface area contributed by atoms with Crippen molar-refractivity contribution in [3.8, 4) is 28.4 Å². The first-order chi connectivity index (χ1) is 19.9. The second-order valence-corrected chi connectivity index (χ2v) is 9.62. The predicted molar refractivity (Wildman–Crippen MR) is 152 cm³/mol. The monoisotopic (exact) mass is 565 g/mol. The Hall–Kier alpha value is -4.68. The Morgan fingerprint density at radius 2 is 1.85 bits per heavy atom. The Bertz CT molecular complexity index is 1440. The number of unbranched alkanes of at least 4 members (excludes halogenated alkanes) is 2. The maximum Gasteiger partial charge on any atom is 0.269 e. The third-order valence-corrected chi connectivity index (χ3v) is 6.91. The van der Waals surface area contributed by atoms with Gasteiger partial charge in [-0.25, -0.2) is 0 Å². The van der Waals surface area contributed by atoms with Crippen molar-refractivity contribution in [2.45, 2.75) is 51.5 Å². The average molecular weight is 566 g/mol. The molecule has 2 aromatic carbocycles. The van der Waals surface area contributed by atoms with Crippen LogP contribution in [0.25, 0.3) is 11.1 Å². The zero-order valence-corrected chi connectivity index (χ0v) is 23.6. The first-order valence-electron chi connectivity index (χ1n) is 13.4. The van der Waals surface area contributed by atoms with E-state index in [0.29, 0.717) is 60.7 Å². The fraction of sp³-hybridized carbons (Fsp3) is 0.429. The molecule has 13 heteroatoms. The number of nitrogens with zero attached hydrogens (tertiary/aromatic N) is 3. The van der Waals surface area contributed by atoms with Gasteiger partial charge in [0.05, 0.1) is 33.1 Å². The van der Waals surface area contributed by atoms with E-state index in [4.69, 9.17) is 14.2 Å². The first kappa shape index (κ1) is 29.3. The van der Waals surface area contributed by atoms with Crippen molar-refractivity contribution in [1.82, 2.24) is 25.9 Å². The minimum atomic E-state index is -0.372. The van der Waals surface area contributed by atoms with Gasteiger partial charge in [-0.2, -0.15) is 5.21 Å². The first-order valence-corrected chi connectivity index (χ1v) is 13.4. The summed E-state index contributed by atoms with van der Waals surface area (Å²) < 4.78 is 17.0.